The van der Waals surface area contributed by atoms with Crippen LogP contribution in [0.4, 0.5) is 11.4 Å². The first-order chi connectivity index (χ1) is 12.3. The van der Waals surface area contributed by atoms with Gasteiger partial charge in [-0.1, -0.05) is 12.1 Å². The van der Waals surface area contributed by atoms with E-state index in [9.17, 15) is 13.2 Å². The number of carbonyl (C=O) groups excluding carboxylic acids is 1. The molecule has 0 saturated heterocycles. The summed E-state index contributed by atoms with van der Waals surface area (Å²) in [4.78, 5) is 15.5. The molecule has 0 bridgehead atoms. The van der Waals surface area contributed by atoms with E-state index in [1.54, 1.807) is 18.2 Å². The summed E-state index contributed by atoms with van der Waals surface area (Å²) in [6, 6.07) is 8.18. The number of amides is 1. The lowest BCUT2D eigenvalue weighted by atomic mass is 10.2. The Kier molecular flexibility index (Phi) is 4.73. The van der Waals surface area contributed by atoms with E-state index in [4.69, 9.17) is 10.5 Å². The Morgan fingerprint density at radius 1 is 1.42 bits per heavy atom. The van der Waals surface area contributed by atoms with Crippen LogP contribution >= 0.6 is 0 Å². The minimum atomic E-state index is -3.84. The van der Waals surface area contributed by atoms with Crippen molar-refractivity contribution in [1.29, 1.82) is 0 Å². The molecule has 1 aliphatic rings. The largest absolute Gasteiger partial charge is 0.469 e. The second-order valence-electron chi connectivity index (χ2n) is 6.12. The maximum atomic E-state index is 13.2. The summed E-state index contributed by atoms with van der Waals surface area (Å²) in [6.45, 7) is 3.41. The molecule has 138 valence electrons. The summed E-state index contributed by atoms with van der Waals surface area (Å²) in [5.74, 6) is -0.0604. The van der Waals surface area contributed by atoms with E-state index in [-0.39, 0.29) is 35.5 Å². The number of pyridine rings is 1. The van der Waals surface area contributed by atoms with Crippen molar-refractivity contribution >= 4 is 27.3 Å². The number of nitrogens with two attached hydrogens (primary N) is 1. The number of nitrogen functional groups attached to an aromatic ring is 1. The van der Waals surface area contributed by atoms with Crippen LogP contribution in [0.3, 0.4) is 0 Å². The number of fused-ring (bicyclic) bond motifs is 1. The standard InChI is InChI=1S/C17H20N4O4S/c1-11-4-3-5-15(6-11)26(23,24)21-10-14(9-19-12(2)22)25-17-16(21)7-13(18)8-20-17/h3-8,14H,9-10,18H2,1-2H3,(H,19,22). The van der Waals surface area contributed by atoms with E-state index in [1.807, 2.05) is 13.0 Å². The zero-order valence-electron chi connectivity index (χ0n) is 14.5. The fourth-order valence-electron chi connectivity index (χ4n) is 2.70. The third-order valence-corrected chi connectivity index (χ3v) is 5.70. The molecule has 1 aromatic heterocycles. The molecule has 0 fully saturated rings. The summed E-state index contributed by atoms with van der Waals surface area (Å²) >= 11 is 0. The summed E-state index contributed by atoms with van der Waals surface area (Å²) in [5.41, 5.74) is 7.23. The molecule has 3 rings (SSSR count). The number of aromatic nitrogens is 1. The molecule has 1 aromatic carbocycles. The maximum absolute atomic E-state index is 13.2. The van der Waals surface area contributed by atoms with Gasteiger partial charge in [0.2, 0.25) is 11.8 Å². The highest BCUT2D eigenvalue weighted by molar-refractivity contribution is 7.92. The molecule has 3 N–H and O–H groups in total. The minimum absolute atomic E-state index is 0.0364. The topological polar surface area (TPSA) is 115 Å². The molecule has 2 heterocycles. The van der Waals surface area contributed by atoms with E-state index in [1.165, 1.54) is 23.5 Å². The van der Waals surface area contributed by atoms with Crippen LogP contribution in [-0.4, -0.2) is 38.5 Å². The van der Waals surface area contributed by atoms with E-state index in [0.717, 1.165) is 5.56 Å². The molecular formula is C17H20N4O4S. The maximum Gasteiger partial charge on any atom is 0.264 e. The van der Waals surface area contributed by atoms with Gasteiger partial charge < -0.3 is 15.8 Å². The van der Waals surface area contributed by atoms with Crippen LogP contribution in [0.2, 0.25) is 0 Å². The number of rotatable bonds is 4. The Labute approximate surface area is 152 Å². The van der Waals surface area contributed by atoms with Crippen molar-refractivity contribution in [2.75, 3.05) is 23.1 Å². The van der Waals surface area contributed by atoms with Crippen molar-refractivity contribution in [2.45, 2.75) is 24.8 Å². The summed E-state index contributed by atoms with van der Waals surface area (Å²) in [6.07, 6.45) is 0.832. The fourth-order valence-corrected chi connectivity index (χ4v) is 4.29. The highest BCUT2D eigenvalue weighted by Crippen LogP contribution is 2.36. The first kappa shape index (κ1) is 18.0. The predicted molar refractivity (Wildman–Crippen MR) is 97.5 cm³/mol. The Balaban J connectivity index is 2.03. The number of nitrogens with zero attached hydrogens (tertiary/aromatic N) is 2. The van der Waals surface area contributed by atoms with Gasteiger partial charge in [-0.15, -0.1) is 0 Å². The minimum Gasteiger partial charge on any atom is -0.469 e. The lowest BCUT2D eigenvalue weighted by molar-refractivity contribution is -0.119. The van der Waals surface area contributed by atoms with E-state index in [0.29, 0.717) is 5.69 Å². The predicted octanol–water partition coefficient (Wildman–Crippen LogP) is 1.06. The molecule has 26 heavy (non-hydrogen) atoms. The molecule has 1 amide bonds. The van der Waals surface area contributed by atoms with Gasteiger partial charge in [0.05, 0.1) is 29.9 Å². The fraction of sp³-hybridized carbons (Fsp3) is 0.294. The van der Waals surface area contributed by atoms with Gasteiger partial charge >= 0.3 is 0 Å². The zero-order valence-corrected chi connectivity index (χ0v) is 15.3. The molecule has 0 spiro atoms. The van der Waals surface area contributed by atoms with Crippen molar-refractivity contribution in [3.63, 3.8) is 0 Å². The average molecular weight is 376 g/mol. The molecule has 0 saturated carbocycles. The normalized spacial score (nSPS) is 16.5. The van der Waals surface area contributed by atoms with Crippen LogP contribution in [0.5, 0.6) is 5.88 Å². The Hall–Kier alpha value is -2.81. The highest BCUT2D eigenvalue weighted by atomic mass is 32.2. The second-order valence-corrected chi connectivity index (χ2v) is 7.98. The molecule has 2 aromatic rings. The van der Waals surface area contributed by atoms with Crippen LogP contribution in [0.25, 0.3) is 0 Å². The molecule has 8 nitrogen and oxygen atoms in total. The van der Waals surface area contributed by atoms with Gasteiger partial charge in [-0.3, -0.25) is 9.10 Å². The van der Waals surface area contributed by atoms with Crippen molar-refractivity contribution in [3.8, 4) is 5.88 Å². The summed E-state index contributed by atoms with van der Waals surface area (Å²) in [5, 5.41) is 2.64. The molecule has 9 heteroatoms. The van der Waals surface area contributed by atoms with E-state index >= 15 is 0 Å². The van der Waals surface area contributed by atoms with Gasteiger partial charge in [-0.05, 0) is 30.7 Å². The van der Waals surface area contributed by atoms with Gasteiger partial charge in [0.1, 0.15) is 11.8 Å². The Morgan fingerprint density at radius 3 is 2.88 bits per heavy atom. The van der Waals surface area contributed by atoms with Crippen LogP contribution in [0.15, 0.2) is 41.4 Å². The zero-order chi connectivity index (χ0) is 18.9. The molecule has 0 aliphatic carbocycles. The number of nitrogens with one attached hydrogen (secondary N) is 1. The number of benzene rings is 1. The van der Waals surface area contributed by atoms with Crippen LogP contribution in [-0.2, 0) is 14.8 Å². The first-order valence-corrected chi connectivity index (χ1v) is 9.47. The van der Waals surface area contributed by atoms with E-state index in [2.05, 4.69) is 10.3 Å². The molecule has 1 aliphatic heterocycles. The average Bonchev–Trinajstić information content (AvgIpc) is 2.59. The van der Waals surface area contributed by atoms with E-state index < -0.39 is 16.1 Å². The second kappa shape index (κ2) is 6.83. The van der Waals surface area contributed by atoms with Crippen LogP contribution < -0.4 is 20.1 Å². The third-order valence-electron chi connectivity index (χ3n) is 3.93. The highest BCUT2D eigenvalue weighted by Gasteiger charge is 2.35. The summed E-state index contributed by atoms with van der Waals surface area (Å²) in [7, 11) is -3.84. The van der Waals surface area contributed by atoms with Gasteiger partial charge in [0.25, 0.3) is 10.0 Å². The quantitative estimate of drug-likeness (QED) is 0.825. The van der Waals surface area contributed by atoms with Crippen molar-refractivity contribution < 1.29 is 17.9 Å². The smallest absolute Gasteiger partial charge is 0.264 e. The van der Waals surface area contributed by atoms with Gasteiger partial charge in [-0.2, -0.15) is 0 Å². The number of ether oxygens (including phenoxy) is 1. The number of sulfonamides is 1. The number of carbonyl (C=O) groups is 1. The molecular weight excluding hydrogens is 356 g/mol. The lowest BCUT2D eigenvalue weighted by Crippen LogP contribution is -2.48. The first-order valence-electron chi connectivity index (χ1n) is 8.03. The third kappa shape index (κ3) is 3.57. The van der Waals surface area contributed by atoms with Crippen LogP contribution in [0, 0.1) is 6.92 Å². The molecule has 0 radical (unpaired) electrons. The van der Waals surface area contributed by atoms with Crippen molar-refractivity contribution in [1.82, 2.24) is 10.3 Å². The monoisotopic (exact) mass is 376 g/mol. The van der Waals surface area contributed by atoms with Crippen molar-refractivity contribution in [3.05, 3.63) is 42.1 Å². The number of aryl methyl sites for hydroxylation is 1. The molecule has 1 atom stereocenters. The lowest BCUT2D eigenvalue weighted by Gasteiger charge is -2.34. The molecule has 1 unspecified atom stereocenters. The summed E-state index contributed by atoms with van der Waals surface area (Å²) < 4.78 is 33.4. The van der Waals surface area contributed by atoms with Gasteiger partial charge in [0.15, 0.2) is 0 Å². The number of hydrogen-bond donors (Lipinski definition) is 2. The number of hydrogen-bond acceptors (Lipinski definition) is 6. The van der Waals surface area contributed by atoms with Gasteiger partial charge in [0, 0.05) is 6.92 Å². The van der Waals surface area contributed by atoms with Crippen LogP contribution in [0.1, 0.15) is 12.5 Å². The van der Waals surface area contributed by atoms with Crippen molar-refractivity contribution in [2.24, 2.45) is 0 Å². The Morgan fingerprint density at radius 2 is 2.19 bits per heavy atom. The number of anilines is 2. The SMILES string of the molecule is CC(=O)NCC1CN(S(=O)(=O)c2cccc(C)c2)c2cc(N)cnc2O1. The Bertz CT molecular complexity index is 946. The van der Waals surface area contributed by atoms with Gasteiger partial charge in [-0.25, -0.2) is 13.4 Å².